The van der Waals surface area contributed by atoms with Crippen LogP contribution in [0, 0.1) is 0 Å². The standard InChI is InChI=1S/C36H24B4N2S2/c37-32-30(17-4-2-1-3-5-17)33(38)35(40)31(34(32)39)21-11-7-18-8-12-22-23(13-9-19-6-10-20(21)28(18)29(19)22)36-42-25-15-26-24(41-16-43-26)14-27(25)44-36/h1-16H,37-40H2. The second-order valence-electron chi connectivity index (χ2n) is 11.9. The number of hydrogen-bond donors (Lipinski definition) is 0. The molecule has 2 heterocycles. The molecule has 0 aliphatic carbocycles. The van der Waals surface area contributed by atoms with Crippen molar-refractivity contribution in [3.8, 4) is 32.8 Å². The van der Waals surface area contributed by atoms with E-state index in [0.717, 1.165) is 16.0 Å². The lowest BCUT2D eigenvalue weighted by atomic mass is 9.62. The van der Waals surface area contributed by atoms with Crippen LogP contribution in [-0.2, 0) is 0 Å². The molecule has 0 saturated heterocycles. The van der Waals surface area contributed by atoms with Crippen LogP contribution in [0.15, 0.2) is 96.5 Å². The van der Waals surface area contributed by atoms with E-state index in [1.807, 2.05) is 5.51 Å². The highest BCUT2D eigenvalue weighted by Crippen LogP contribution is 2.43. The fraction of sp³-hybridized carbons (Fsp3) is 0. The van der Waals surface area contributed by atoms with E-state index in [1.165, 1.54) is 91.4 Å². The van der Waals surface area contributed by atoms with Crippen LogP contribution in [0.1, 0.15) is 0 Å². The van der Waals surface area contributed by atoms with Crippen LogP contribution >= 0.6 is 22.7 Å². The number of fused-ring (bicyclic) bond motifs is 2. The maximum absolute atomic E-state index is 5.13. The van der Waals surface area contributed by atoms with Crippen LogP contribution < -0.4 is 21.9 Å². The lowest BCUT2D eigenvalue weighted by molar-refractivity contribution is 1.49. The van der Waals surface area contributed by atoms with Crippen LogP contribution in [0.3, 0.4) is 0 Å². The van der Waals surface area contributed by atoms with Crippen molar-refractivity contribution in [1.29, 1.82) is 0 Å². The molecule has 2 aromatic heterocycles. The molecule has 0 atom stereocenters. The largest absolute Gasteiger partial charge is 0.245 e. The number of rotatable bonds is 3. The van der Waals surface area contributed by atoms with Gasteiger partial charge in [-0.15, -0.1) is 22.7 Å². The molecule has 0 unspecified atom stereocenters. The highest BCUT2D eigenvalue weighted by Gasteiger charge is 2.21. The summed E-state index contributed by atoms with van der Waals surface area (Å²) in [5, 5.41) is 8.84. The Morgan fingerprint density at radius 1 is 0.545 bits per heavy atom. The first kappa shape index (κ1) is 26.1. The Labute approximate surface area is 266 Å². The van der Waals surface area contributed by atoms with E-state index in [0.29, 0.717) is 0 Å². The summed E-state index contributed by atoms with van der Waals surface area (Å²) in [6.07, 6.45) is 0. The number of aromatic nitrogens is 2. The van der Waals surface area contributed by atoms with E-state index >= 15 is 0 Å². The summed E-state index contributed by atoms with van der Waals surface area (Å²) in [4.78, 5) is 9.66. The number of nitrogens with zero attached hydrogens (tertiary/aromatic N) is 2. The van der Waals surface area contributed by atoms with Crippen molar-refractivity contribution in [1.82, 2.24) is 9.97 Å². The molecular weight excluding hydrogens is 568 g/mol. The minimum Gasteiger partial charge on any atom is -0.245 e. The molecule has 0 radical (unpaired) electrons. The fourth-order valence-electron chi connectivity index (χ4n) is 7.35. The molecule has 44 heavy (non-hydrogen) atoms. The molecule has 9 rings (SSSR count). The summed E-state index contributed by atoms with van der Waals surface area (Å²) in [7, 11) is 9.17. The van der Waals surface area contributed by atoms with Crippen molar-refractivity contribution < 1.29 is 0 Å². The number of thiazole rings is 2. The quantitative estimate of drug-likeness (QED) is 0.231. The van der Waals surface area contributed by atoms with Crippen molar-refractivity contribution in [2.24, 2.45) is 0 Å². The lowest BCUT2D eigenvalue weighted by Gasteiger charge is -2.24. The molecule has 9 aromatic rings. The first-order valence-corrected chi connectivity index (χ1v) is 16.7. The predicted octanol–water partition coefficient (Wildman–Crippen LogP) is 3.84. The van der Waals surface area contributed by atoms with Gasteiger partial charge in [-0.05, 0) is 66.7 Å². The molecule has 8 heteroatoms. The summed E-state index contributed by atoms with van der Waals surface area (Å²) in [5.74, 6) is 0. The van der Waals surface area contributed by atoms with E-state index in [4.69, 9.17) is 4.98 Å². The Bertz CT molecular complexity index is 2530. The van der Waals surface area contributed by atoms with Crippen molar-refractivity contribution in [3.63, 3.8) is 0 Å². The van der Waals surface area contributed by atoms with Gasteiger partial charge in [0.15, 0.2) is 0 Å². The Kier molecular flexibility index (Phi) is 5.66. The molecule has 2 nitrogen and oxygen atoms in total. The topological polar surface area (TPSA) is 25.8 Å². The predicted molar refractivity (Wildman–Crippen MR) is 206 cm³/mol. The molecule has 0 fully saturated rings. The van der Waals surface area contributed by atoms with Crippen LogP contribution in [0.5, 0.6) is 0 Å². The van der Waals surface area contributed by atoms with Gasteiger partial charge in [0, 0.05) is 5.56 Å². The van der Waals surface area contributed by atoms with Gasteiger partial charge in [0.05, 0.1) is 25.9 Å². The Balaban J connectivity index is 1.30. The second-order valence-corrected chi connectivity index (χ2v) is 13.8. The van der Waals surface area contributed by atoms with Gasteiger partial charge < -0.3 is 0 Å². The van der Waals surface area contributed by atoms with Gasteiger partial charge in [-0.25, -0.2) is 9.97 Å². The maximum atomic E-state index is 5.13. The molecule has 0 aliphatic heterocycles. The summed E-state index contributed by atoms with van der Waals surface area (Å²) in [6, 6.07) is 33.6. The van der Waals surface area contributed by atoms with E-state index in [1.54, 1.807) is 22.7 Å². The molecule has 0 N–H and O–H groups in total. The van der Waals surface area contributed by atoms with Gasteiger partial charge in [0.2, 0.25) is 0 Å². The second kappa shape index (κ2) is 9.56. The molecule has 0 amide bonds. The Morgan fingerprint density at radius 3 is 1.84 bits per heavy atom. The lowest BCUT2D eigenvalue weighted by Crippen LogP contribution is -2.44. The van der Waals surface area contributed by atoms with Crippen LogP contribution in [0.4, 0.5) is 0 Å². The van der Waals surface area contributed by atoms with E-state index in [9.17, 15) is 0 Å². The molecule has 0 spiro atoms. The first-order chi connectivity index (χ1) is 21.5. The van der Waals surface area contributed by atoms with Gasteiger partial charge in [-0.1, -0.05) is 101 Å². The van der Waals surface area contributed by atoms with Crippen molar-refractivity contribution in [2.75, 3.05) is 0 Å². The zero-order chi connectivity index (χ0) is 29.7. The maximum Gasteiger partial charge on any atom is 0.139 e. The zero-order valence-electron chi connectivity index (χ0n) is 24.9. The molecule has 0 bridgehead atoms. The molecule has 0 aliphatic rings. The third-order valence-corrected chi connectivity index (χ3v) is 11.5. The number of hydrogen-bond acceptors (Lipinski definition) is 4. The summed E-state index contributed by atoms with van der Waals surface area (Å²) >= 11 is 3.43. The van der Waals surface area contributed by atoms with Gasteiger partial charge in [-0.2, -0.15) is 0 Å². The summed E-state index contributed by atoms with van der Waals surface area (Å²) < 4.78 is 2.37. The molecular formula is C36H24B4N2S2. The minimum atomic E-state index is 1.05. The third-order valence-electron chi connectivity index (χ3n) is 9.69. The van der Waals surface area contributed by atoms with Gasteiger partial charge >= 0.3 is 0 Å². The van der Waals surface area contributed by atoms with E-state index < -0.39 is 0 Å². The first-order valence-electron chi connectivity index (χ1n) is 15.0. The van der Waals surface area contributed by atoms with Crippen LogP contribution in [0.2, 0.25) is 0 Å². The van der Waals surface area contributed by atoms with Gasteiger partial charge in [0.1, 0.15) is 36.4 Å². The molecule has 0 saturated carbocycles. The Hall–Kier alpha value is -4.38. The average Bonchev–Trinajstić information content (AvgIpc) is 3.68. The average molecular weight is 592 g/mol. The van der Waals surface area contributed by atoms with Crippen molar-refractivity contribution in [3.05, 3.63) is 96.5 Å². The normalized spacial score (nSPS) is 12.0. The monoisotopic (exact) mass is 592 g/mol. The smallest absolute Gasteiger partial charge is 0.139 e. The van der Waals surface area contributed by atoms with Gasteiger partial charge in [0.25, 0.3) is 0 Å². The van der Waals surface area contributed by atoms with E-state index in [-0.39, 0.29) is 0 Å². The van der Waals surface area contributed by atoms with Crippen LogP contribution in [0.25, 0.3) is 85.6 Å². The van der Waals surface area contributed by atoms with Gasteiger partial charge in [-0.3, -0.25) is 0 Å². The summed E-state index contributed by atoms with van der Waals surface area (Å²) in [5.41, 5.74) is 15.9. The van der Waals surface area contributed by atoms with Crippen LogP contribution in [-0.4, -0.2) is 41.4 Å². The number of benzene rings is 7. The van der Waals surface area contributed by atoms with Crippen molar-refractivity contribution >= 4 is 129 Å². The fourth-order valence-corrected chi connectivity index (χ4v) is 9.07. The van der Waals surface area contributed by atoms with E-state index in [2.05, 4.69) is 127 Å². The highest BCUT2D eigenvalue weighted by atomic mass is 32.1. The zero-order valence-corrected chi connectivity index (χ0v) is 26.6. The molecule has 202 valence electrons. The summed E-state index contributed by atoms with van der Waals surface area (Å²) in [6.45, 7) is 0. The minimum absolute atomic E-state index is 1.05. The highest BCUT2D eigenvalue weighted by molar-refractivity contribution is 7.22. The van der Waals surface area contributed by atoms with Crippen molar-refractivity contribution in [2.45, 2.75) is 0 Å². The Morgan fingerprint density at radius 2 is 1.14 bits per heavy atom. The SMILES string of the molecule is Bc1c(B)c(-c2ccc3ccc4c(-c5nc6cc7scnc7cc6s5)ccc5ccc2c3c54)c(B)c(B)c1-c1ccccc1. The third kappa shape index (κ3) is 3.65. The molecule has 7 aromatic carbocycles.